The summed E-state index contributed by atoms with van der Waals surface area (Å²) in [5.41, 5.74) is 2.31. The Kier molecular flexibility index (Phi) is 8.55. The minimum Gasteiger partial charge on any atom is -0.467 e. The van der Waals surface area contributed by atoms with Crippen molar-refractivity contribution in [1.82, 2.24) is 9.55 Å². The third-order valence-electron chi connectivity index (χ3n) is 6.54. The average Bonchev–Trinajstić information content (AvgIpc) is 3.57. The van der Waals surface area contributed by atoms with Crippen LogP contribution in [0.4, 0.5) is 0 Å². The number of thiophene rings is 1. The molecule has 1 unspecified atom stereocenters. The van der Waals surface area contributed by atoms with Crippen LogP contribution in [0.3, 0.4) is 0 Å². The Hall–Kier alpha value is -2.93. The first-order valence-corrected chi connectivity index (χ1v) is 14.7. The summed E-state index contributed by atoms with van der Waals surface area (Å²) in [7, 11) is 0. The molecule has 1 aromatic carbocycles. The SMILES string of the molecule is CCOC(=O)c1cc2c(c(CSc3nc4sc(C(=O)OCC)c(C)c4c(=O)n3CC3CCCO3)c1)OCOC2. The Bertz CT molecular complexity index is 1460. The second kappa shape index (κ2) is 12.1. The fourth-order valence-electron chi connectivity index (χ4n) is 4.73. The first-order valence-electron chi connectivity index (χ1n) is 12.9. The summed E-state index contributed by atoms with van der Waals surface area (Å²) in [4.78, 5) is 44.6. The van der Waals surface area contributed by atoms with Gasteiger partial charge in [0.05, 0.1) is 43.4 Å². The van der Waals surface area contributed by atoms with Crippen molar-refractivity contribution in [2.24, 2.45) is 0 Å². The predicted octanol–water partition coefficient (Wildman–Crippen LogP) is 4.46. The first kappa shape index (κ1) is 27.6. The van der Waals surface area contributed by atoms with Gasteiger partial charge in [-0.05, 0) is 51.3 Å². The molecule has 3 aromatic rings. The van der Waals surface area contributed by atoms with Gasteiger partial charge in [-0.15, -0.1) is 11.3 Å². The molecule has 0 bridgehead atoms. The Morgan fingerprint density at radius 2 is 2.00 bits per heavy atom. The highest BCUT2D eigenvalue weighted by Gasteiger charge is 2.26. The molecule has 10 nitrogen and oxygen atoms in total. The number of aryl methyl sites for hydroxylation is 1. The van der Waals surface area contributed by atoms with Gasteiger partial charge in [-0.3, -0.25) is 9.36 Å². The van der Waals surface area contributed by atoms with Gasteiger partial charge in [0, 0.05) is 23.5 Å². The maximum absolute atomic E-state index is 13.8. The quantitative estimate of drug-likeness (QED) is 0.206. The normalized spacial score (nSPS) is 16.6. The van der Waals surface area contributed by atoms with Crippen LogP contribution >= 0.6 is 23.1 Å². The topological polar surface area (TPSA) is 115 Å². The lowest BCUT2D eigenvalue weighted by Gasteiger charge is -2.22. The molecule has 4 heterocycles. The van der Waals surface area contributed by atoms with E-state index in [1.165, 1.54) is 11.8 Å². The van der Waals surface area contributed by atoms with E-state index in [2.05, 4.69) is 0 Å². The molecule has 0 N–H and O–H groups in total. The zero-order valence-corrected chi connectivity index (χ0v) is 23.7. The van der Waals surface area contributed by atoms with Gasteiger partial charge in [0.15, 0.2) is 11.9 Å². The lowest BCUT2D eigenvalue weighted by molar-refractivity contribution is -0.0169. The van der Waals surface area contributed by atoms with E-state index in [1.54, 1.807) is 37.5 Å². The number of rotatable bonds is 9. The van der Waals surface area contributed by atoms with Crippen LogP contribution in [-0.2, 0) is 37.9 Å². The monoisotopic (exact) mass is 574 g/mol. The van der Waals surface area contributed by atoms with Gasteiger partial charge >= 0.3 is 11.9 Å². The van der Waals surface area contributed by atoms with Crippen molar-refractivity contribution in [3.8, 4) is 5.75 Å². The third kappa shape index (κ3) is 5.69. The van der Waals surface area contributed by atoms with Crippen LogP contribution in [0.5, 0.6) is 5.75 Å². The predicted molar refractivity (Wildman–Crippen MR) is 146 cm³/mol. The maximum Gasteiger partial charge on any atom is 0.348 e. The molecule has 0 aliphatic carbocycles. The van der Waals surface area contributed by atoms with Gasteiger partial charge in [0.2, 0.25) is 0 Å². The summed E-state index contributed by atoms with van der Waals surface area (Å²) in [5.74, 6) is 0.160. The first-order chi connectivity index (χ1) is 18.9. The summed E-state index contributed by atoms with van der Waals surface area (Å²) in [6.45, 7) is 7.22. The number of aromatic nitrogens is 2. The fourth-order valence-corrected chi connectivity index (χ4v) is 6.82. The molecule has 0 radical (unpaired) electrons. The number of hydrogen-bond acceptors (Lipinski definition) is 11. The molecule has 0 amide bonds. The van der Waals surface area contributed by atoms with E-state index >= 15 is 0 Å². The Morgan fingerprint density at radius 3 is 2.74 bits per heavy atom. The zero-order chi connectivity index (χ0) is 27.5. The number of hydrogen-bond donors (Lipinski definition) is 0. The molecule has 208 valence electrons. The molecular formula is C27H30N2O8S2. The molecule has 2 aromatic heterocycles. The van der Waals surface area contributed by atoms with Gasteiger partial charge in [0.25, 0.3) is 5.56 Å². The van der Waals surface area contributed by atoms with E-state index in [9.17, 15) is 14.4 Å². The molecule has 12 heteroatoms. The Morgan fingerprint density at radius 1 is 1.21 bits per heavy atom. The smallest absolute Gasteiger partial charge is 0.348 e. The highest BCUT2D eigenvalue weighted by Crippen LogP contribution is 2.36. The molecule has 39 heavy (non-hydrogen) atoms. The van der Waals surface area contributed by atoms with Crippen molar-refractivity contribution < 1.29 is 33.3 Å². The Balaban J connectivity index is 1.54. The van der Waals surface area contributed by atoms with Crippen LogP contribution in [0, 0.1) is 6.92 Å². The van der Waals surface area contributed by atoms with Crippen LogP contribution < -0.4 is 10.3 Å². The van der Waals surface area contributed by atoms with Crippen LogP contribution in [0.25, 0.3) is 10.2 Å². The molecule has 5 rings (SSSR count). The number of carbonyl (C=O) groups is 2. The van der Waals surface area contributed by atoms with E-state index in [0.29, 0.717) is 62.6 Å². The van der Waals surface area contributed by atoms with Gasteiger partial charge in [-0.2, -0.15) is 0 Å². The van der Waals surface area contributed by atoms with Crippen molar-refractivity contribution in [1.29, 1.82) is 0 Å². The molecule has 0 spiro atoms. The molecule has 1 saturated heterocycles. The lowest BCUT2D eigenvalue weighted by atomic mass is 10.0. The second-order valence-corrected chi connectivity index (χ2v) is 11.1. The van der Waals surface area contributed by atoms with E-state index < -0.39 is 11.9 Å². The average molecular weight is 575 g/mol. The molecule has 2 aliphatic rings. The second-order valence-electron chi connectivity index (χ2n) is 9.15. The summed E-state index contributed by atoms with van der Waals surface area (Å²) in [6, 6.07) is 3.48. The summed E-state index contributed by atoms with van der Waals surface area (Å²) >= 11 is 2.53. The number of ether oxygens (including phenoxy) is 5. The number of benzene rings is 1. The molecular weight excluding hydrogens is 544 g/mol. The van der Waals surface area contributed by atoms with Crippen LogP contribution in [0.2, 0.25) is 0 Å². The van der Waals surface area contributed by atoms with Gasteiger partial charge < -0.3 is 23.7 Å². The molecule has 1 atom stereocenters. The van der Waals surface area contributed by atoms with Crippen molar-refractivity contribution in [2.75, 3.05) is 26.6 Å². The number of nitrogens with zero attached hydrogens (tertiary/aromatic N) is 2. The van der Waals surface area contributed by atoms with E-state index in [-0.39, 0.29) is 31.7 Å². The van der Waals surface area contributed by atoms with Crippen LogP contribution in [0.15, 0.2) is 22.1 Å². The van der Waals surface area contributed by atoms with Crippen molar-refractivity contribution in [3.63, 3.8) is 0 Å². The summed E-state index contributed by atoms with van der Waals surface area (Å²) in [5, 5.41) is 0.926. The van der Waals surface area contributed by atoms with Gasteiger partial charge in [0.1, 0.15) is 15.5 Å². The minimum atomic E-state index is -0.459. The third-order valence-corrected chi connectivity index (χ3v) is 8.73. The maximum atomic E-state index is 13.8. The van der Waals surface area contributed by atoms with Crippen LogP contribution in [0.1, 0.15) is 63.4 Å². The van der Waals surface area contributed by atoms with Crippen molar-refractivity contribution in [2.45, 2.75) is 63.8 Å². The standard InChI is InChI=1S/C27H30N2O8S2/c1-4-34-25(31)16-9-17-12-33-14-37-21(17)18(10-16)13-38-27-28-23-20(15(3)22(39-23)26(32)35-5-2)24(30)29(27)11-19-7-6-8-36-19/h9-10,19H,4-8,11-14H2,1-3H3. The van der Waals surface area contributed by atoms with E-state index in [4.69, 9.17) is 28.7 Å². The minimum absolute atomic E-state index is 0.0925. The highest BCUT2D eigenvalue weighted by molar-refractivity contribution is 7.98. The zero-order valence-electron chi connectivity index (χ0n) is 22.1. The number of fused-ring (bicyclic) bond motifs is 2. The van der Waals surface area contributed by atoms with E-state index in [0.717, 1.165) is 35.3 Å². The van der Waals surface area contributed by atoms with Crippen molar-refractivity contribution >= 4 is 45.3 Å². The summed E-state index contributed by atoms with van der Waals surface area (Å²) in [6.07, 6.45) is 1.70. The molecule has 2 aliphatic heterocycles. The number of carbonyl (C=O) groups excluding carboxylic acids is 2. The highest BCUT2D eigenvalue weighted by atomic mass is 32.2. The largest absolute Gasteiger partial charge is 0.467 e. The number of esters is 2. The van der Waals surface area contributed by atoms with Crippen molar-refractivity contribution in [3.05, 3.63) is 49.6 Å². The fraction of sp³-hybridized carbons (Fsp3) is 0.481. The summed E-state index contributed by atoms with van der Waals surface area (Å²) < 4.78 is 29.1. The molecule has 0 saturated carbocycles. The van der Waals surface area contributed by atoms with E-state index in [1.807, 2.05) is 0 Å². The number of thioether (sulfide) groups is 1. The van der Waals surface area contributed by atoms with Crippen LogP contribution in [-0.4, -0.2) is 54.2 Å². The lowest BCUT2D eigenvalue weighted by Crippen LogP contribution is -2.28. The molecule has 1 fully saturated rings. The van der Waals surface area contributed by atoms with Gasteiger partial charge in [-0.25, -0.2) is 14.6 Å². The van der Waals surface area contributed by atoms with Gasteiger partial charge in [-0.1, -0.05) is 11.8 Å². The Labute approximate surface area is 233 Å².